The van der Waals surface area contributed by atoms with Crippen molar-refractivity contribution in [2.24, 2.45) is 0 Å². The van der Waals surface area contributed by atoms with E-state index in [1.54, 1.807) is 31.2 Å². The molecule has 0 aliphatic carbocycles. The zero-order valence-electron chi connectivity index (χ0n) is 11.8. The number of carbonyl (C=O) groups excluding carboxylic acids is 1. The molecule has 20 heavy (non-hydrogen) atoms. The fourth-order valence-electron chi connectivity index (χ4n) is 2.00. The van der Waals surface area contributed by atoms with E-state index in [2.05, 4.69) is 0 Å². The zero-order valence-corrected chi connectivity index (χ0v) is 11.8. The van der Waals surface area contributed by atoms with Crippen LogP contribution in [0.25, 0.3) is 11.0 Å². The molecule has 0 amide bonds. The minimum Gasteiger partial charge on any atom is -0.455 e. The summed E-state index contributed by atoms with van der Waals surface area (Å²) >= 11 is 0. The molecule has 5 heteroatoms. The summed E-state index contributed by atoms with van der Waals surface area (Å²) in [7, 11) is 3.78. The smallest absolute Gasteiger partial charge is 0.374 e. The monoisotopic (exact) mass is 275 g/mol. The van der Waals surface area contributed by atoms with E-state index in [9.17, 15) is 9.59 Å². The van der Waals surface area contributed by atoms with Crippen molar-refractivity contribution in [2.45, 2.75) is 13.0 Å². The van der Waals surface area contributed by atoms with Gasteiger partial charge in [-0.05, 0) is 33.2 Å². The Balaban J connectivity index is 2.25. The van der Waals surface area contributed by atoms with E-state index >= 15 is 0 Å². The number of hydrogen-bond acceptors (Lipinski definition) is 5. The van der Waals surface area contributed by atoms with Gasteiger partial charge in [0, 0.05) is 12.6 Å². The van der Waals surface area contributed by atoms with Crippen molar-refractivity contribution in [3.63, 3.8) is 0 Å². The molecule has 2 rings (SSSR count). The summed E-state index contributed by atoms with van der Waals surface area (Å²) in [4.78, 5) is 25.8. The topological polar surface area (TPSA) is 59.8 Å². The van der Waals surface area contributed by atoms with Crippen molar-refractivity contribution in [3.05, 3.63) is 46.3 Å². The molecule has 2 aromatic rings. The van der Waals surface area contributed by atoms with Gasteiger partial charge in [-0.1, -0.05) is 12.1 Å². The number of nitrogens with zero attached hydrogens (tertiary/aromatic N) is 1. The van der Waals surface area contributed by atoms with Crippen molar-refractivity contribution in [1.82, 2.24) is 4.90 Å². The second-order valence-corrected chi connectivity index (χ2v) is 4.95. The molecule has 1 atom stereocenters. The van der Waals surface area contributed by atoms with E-state index in [1.165, 1.54) is 6.07 Å². The molecule has 0 fully saturated rings. The zero-order chi connectivity index (χ0) is 14.7. The molecule has 1 heterocycles. The minimum atomic E-state index is -0.623. The third kappa shape index (κ3) is 3.24. The first kappa shape index (κ1) is 14.3. The summed E-state index contributed by atoms with van der Waals surface area (Å²) in [5, 5.41) is 0.449. The van der Waals surface area contributed by atoms with Gasteiger partial charge in [0.05, 0.1) is 5.39 Å². The molecule has 1 aromatic heterocycles. The van der Waals surface area contributed by atoms with Gasteiger partial charge >= 0.3 is 5.97 Å². The lowest BCUT2D eigenvalue weighted by Crippen LogP contribution is -2.28. The number of fused-ring (bicyclic) bond motifs is 1. The SMILES string of the molecule is CC(CN(C)C)OC(=O)c1cc(=O)c2ccccc2o1. The number of likely N-dealkylation sites (N-methyl/N-ethyl adjacent to an activating group) is 1. The predicted octanol–water partition coefficient (Wildman–Crippen LogP) is 1.90. The highest BCUT2D eigenvalue weighted by atomic mass is 16.6. The predicted molar refractivity (Wildman–Crippen MR) is 75.9 cm³/mol. The molecule has 0 aliphatic heterocycles. The summed E-state index contributed by atoms with van der Waals surface area (Å²) in [6, 6.07) is 7.97. The van der Waals surface area contributed by atoms with Crippen LogP contribution in [-0.4, -0.2) is 37.6 Å². The van der Waals surface area contributed by atoms with E-state index in [4.69, 9.17) is 9.15 Å². The van der Waals surface area contributed by atoms with E-state index in [0.717, 1.165) is 0 Å². The summed E-state index contributed by atoms with van der Waals surface area (Å²) in [6.07, 6.45) is -0.283. The highest BCUT2D eigenvalue weighted by Crippen LogP contribution is 2.13. The lowest BCUT2D eigenvalue weighted by molar-refractivity contribution is 0.0254. The van der Waals surface area contributed by atoms with Crippen molar-refractivity contribution < 1.29 is 13.9 Å². The minimum absolute atomic E-state index is 0.0701. The number of ether oxygens (including phenoxy) is 1. The van der Waals surface area contributed by atoms with Gasteiger partial charge in [-0.3, -0.25) is 4.79 Å². The highest BCUT2D eigenvalue weighted by Gasteiger charge is 2.17. The fraction of sp³-hybridized carbons (Fsp3) is 0.333. The quantitative estimate of drug-likeness (QED) is 0.798. The van der Waals surface area contributed by atoms with E-state index in [0.29, 0.717) is 17.5 Å². The van der Waals surface area contributed by atoms with Crippen molar-refractivity contribution in [1.29, 1.82) is 0 Å². The normalized spacial score (nSPS) is 12.6. The molecule has 0 spiro atoms. The molecule has 0 radical (unpaired) electrons. The number of esters is 1. The van der Waals surface area contributed by atoms with Crippen molar-refractivity contribution >= 4 is 16.9 Å². The van der Waals surface area contributed by atoms with Crippen LogP contribution in [0.15, 0.2) is 39.5 Å². The number of para-hydroxylation sites is 1. The molecule has 0 bridgehead atoms. The Labute approximate surface area is 116 Å². The Bertz CT molecular complexity index is 675. The molecule has 106 valence electrons. The van der Waals surface area contributed by atoms with Crippen LogP contribution < -0.4 is 5.43 Å². The van der Waals surface area contributed by atoms with Crippen molar-refractivity contribution in [2.75, 3.05) is 20.6 Å². The summed E-state index contributed by atoms with van der Waals surface area (Å²) in [6.45, 7) is 2.39. The Hall–Kier alpha value is -2.14. The van der Waals surface area contributed by atoms with Crippen LogP contribution >= 0.6 is 0 Å². The average molecular weight is 275 g/mol. The fourth-order valence-corrected chi connectivity index (χ4v) is 2.00. The second kappa shape index (κ2) is 5.88. The van der Waals surface area contributed by atoms with Crippen molar-refractivity contribution in [3.8, 4) is 0 Å². The van der Waals surface area contributed by atoms with Gasteiger partial charge < -0.3 is 14.1 Å². The van der Waals surface area contributed by atoms with E-state index in [-0.39, 0.29) is 17.3 Å². The number of hydrogen-bond donors (Lipinski definition) is 0. The Kier molecular flexibility index (Phi) is 4.20. The third-order valence-corrected chi connectivity index (χ3v) is 2.77. The molecule has 1 aromatic carbocycles. The number of benzene rings is 1. The van der Waals surface area contributed by atoms with Gasteiger partial charge in [0.25, 0.3) is 0 Å². The van der Waals surface area contributed by atoms with Gasteiger partial charge in [-0.2, -0.15) is 0 Å². The molecule has 5 nitrogen and oxygen atoms in total. The van der Waals surface area contributed by atoms with Gasteiger partial charge in [0.15, 0.2) is 5.43 Å². The summed E-state index contributed by atoms with van der Waals surface area (Å²) < 4.78 is 10.7. The van der Waals surface area contributed by atoms with Gasteiger partial charge in [0.2, 0.25) is 5.76 Å². The lowest BCUT2D eigenvalue weighted by atomic mass is 10.2. The standard InChI is InChI=1S/C15H17NO4/c1-10(9-16(2)3)19-15(18)14-8-12(17)11-6-4-5-7-13(11)20-14/h4-8,10H,9H2,1-3H3. The van der Waals surface area contributed by atoms with Crippen LogP contribution in [0.1, 0.15) is 17.5 Å². The molecule has 0 saturated heterocycles. The van der Waals surface area contributed by atoms with Crippen LogP contribution in [-0.2, 0) is 4.74 Å². The van der Waals surface area contributed by atoms with Gasteiger partial charge in [-0.15, -0.1) is 0 Å². The largest absolute Gasteiger partial charge is 0.455 e. The van der Waals surface area contributed by atoms with Crippen LogP contribution in [0.2, 0.25) is 0 Å². The first-order chi connectivity index (χ1) is 9.47. The Morgan fingerprint density at radius 2 is 2.05 bits per heavy atom. The summed E-state index contributed by atoms with van der Waals surface area (Å²) in [5.74, 6) is -0.693. The van der Waals surface area contributed by atoms with Gasteiger partial charge in [0.1, 0.15) is 11.7 Å². The molecule has 0 saturated carbocycles. The molecular formula is C15H17NO4. The molecule has 0 N–H and O–H groups in total. The summed E-state index contributed by atoms with van der Waals surface area (Å²) in [5.41, 5.74) is 0.131. The van der Waals surface area contributed by atoms with Crippen LogP contribution in [0.3, 0.4) is 0 Å². The average Bonchev–Trinajstić information content (AvgIpc) is 2.37. The van der Waals surface area contributed by atoms with Crippen LogP contribution in [0.5, 0.6) is 0 Å². The second-order valence-electron chi connectivity index (χ2n) is 4.95. The van der Waals surface area contributed by atoms with Crippen LogP contribution in [0, 0.1) is 0 Å². The maximum absolute atomic E-state index is 12.0. The van der Waals surface area contributed by atoms with E-state index < -0.39 is 5.97 Å². The third-order valence-electron chi connectivity index (χ3n) is 2.77. The Morgan fingerprint density at radius 1 is 1.35 bits per heavy atom. The van der Waals surface area contributed by atoms with Crippen LogP contribution in [0.4, 0.5) is 0 Å². The molecule has 1 unspecified atom stereocenters. The molecule has 0 aliphatic rings. The number of rotatable bonds is 4. The number of carbonyl (C=O) groups is 1. The maximum atomic E-state index is 12.0. The highest BCUT2D eigenvalue weighted by molar-refractivity contribution is 5.89. The first-order valence-corrected chi connectivity index (χ1v) is 6.36. The van der Waals surface area contributed by atoms with E-state index in [1.807, 2.05) is 19.0 Å². The Morgan fingerprint density at radius 3 is 2.75 bits per heavy atom. The maximum Gasteiger partial charge on any atom is 0.374 e. The first-order valence-electron chi connectivity index (χ1n) is 6.36. The lowest BCUT2D eigenvalue weighted by Gasteiger charge is -2.17. The molecular weight excluding hydrogens is 258 g/mol. The van der Waals surface area contributed by atoms with Gasteiger partial charge in [-0.25, -0.2) is 4.79 Å².